The van der Waals surface area contributed by atoms with Gasteiger partial charge in [-0.2, -0.15) is 8.42 Å². The van der Waals surface area contributed by atoms with Crippen LogP contribution >= 0.6 is 0 Å². The van der Waals surface area contributed by atoms with Crippen molar-refractivity contribution in [2.45, 2.75) is 45.3 Å². The molecule has 0 aromatic heterocycles. The van der Waals surface area contributed by atoms with Crippen LogP contribution in [0.3, 0.4) is 0 Å². The summed E-state index contributed by atoms with van der Waals surface area (Å²) in [6, 6.07) is 0. The molecule has 7 heteroatoms. The molecule has 2 atom stereocenters. The Morgan fingerprint density at radius 2 is 1.94 bits per heavy atom. The molecule has 0 saturated carbocycles. The Bertz CT molecular complexity index is 255. The van der Waals surface area contributed by atoms with Crippen LogP contribution in [0.4, 0.5) is 0 Å². The fourth-order valence-electron chi connectivity index (χ4n) is 1.26. The molecular formula is C9H21NaO5S. The van der Waals surface area contributed by atoms with E-state index < -0.39 is 28.6 Å². The molecule has 0 amide bonds. The zero-order valence-electron chi connectivity index (χ0n) is 9.22. The van der Waals surface area contributed by atoms with Crippen LogP contribution in [0.5, 0.6) is 0 Å². The summed E-state index contributed by atoms with van der Waals surface area (Å²) < 4.78 is 35.0. The van der Waals surface area contributed by atoms with Crippen molar-refractivity contribution >= 4 is 39.7 Å². The fourth-order valence-corrected chi connectivity index (χ4v) is 1.91. The monoisotopic (exact) mass is 264 g/mol. The van der Waals surface area contributed by atoms with Gasteiger partial charge >= 0.3 is 29.6 Å². The van der Waals surface area contributed by atoms with Gasteiger partial charge in [-0.3, -0.25) is 4.55 Å². The molecule has 0 aromatic carbocycles. The summed E-state index contributed by atoms with van der Waals surface area (Å²) in [5.41, 5.74) is 0. The van der Waals surface area contributed by atoms with Gasteiger partial charge in [-0.25, -0.2) is 0 Å². The minimum atomic E-state index is -4.09. The van der Waals surface area contributed by atoms with Gasteiger partial charge in [0.2, 0.25) is 0 Å². The third-order valence-electron chi connectivity index (χ3n) is 1.99. The predicted molar refractivity (Wildman–Crippen MR) is 64.5 cm³/mol. The zero-order valence-corrected chi connectivity index (χ0v) is 10.0. The fraction of sp³-hybridized carbons (Fsp3) is 1.00. The first-order valence-electron chi connectivity index (χ1n) is 5.10. The van der Waals surface area contributed by atoms with E-state index in [2.05, 4.69) is 6.92 Å². The molecule has 0 radical (unpaired) electrons. The SMILES string of the molecule is CCCCC(C)OC(CO)CS(=O)(=O)O.[NaH]. The van der Waals surface area contributed by atoms with Crippen LogP contribution in [-0.4, -0.2) is 72.2 Å². The van der Waals surface area contributed by atoms with E-state index in [-0.39, 0.29) is 35.7 Å². The Morgan fingerprint density at radius 1 is 1.38 bits per heavy atom. The second-order valence-electron chi connectivity index (χ2n) is 3.64. The van der Waals surface area contributed by atoms with Gasteiger partial charge < -0.3 is 9.84 Å². The van der Waals surface area contributed by atoms with Crippen molar-refractivity contribution in [3.8, 4) is 0 Å². The Hall–Kier alpha value is 0.830. The average Bonchev–Trinajstić information content (AvgIpc) is 2.11. The van der Waals surface area contributed by atoms with Gasteiger partial charge in [-0.1, -0.05) is 19.8 Å². The van der Waals surface area contributed by atoms with E-state index in [4.69, 9.17) is 14.4 Å². The molecule has 2 unspecified atom stereocenters. The third kappa shape index (κ3) is 11.3. The number of ether oxygens (including phenoxy) is 1. The third-order valence-corrected chi connectivity index (χ3v) is 2.78. The maximum absolute atomic E-state index is 10.6. The van der Waals surface area contributed by atoms with Crippen molar-refractivity contribution in [3.63, 3.8) is 0 Å². The summed E-state index contributed by atoms with van der Waals surface area (Å²) in [6.07, 6.45) is 1.90. The molecule has 0 aliphatic rings. The first kappa shape index (κ1) is 19.2. The minimum absolute atomic E-state index is 0. The summed E-state index contributed by atoms with van der Waals surface area (Å²) in [7, 11) is -4.09. The first-order chi connectivity index (χ1) is 6.89. The second kappa shape index (κ2) is 9.82. The van der Waals surface area contributed by atoms with E-state index in [0.717, 1.165) is 19.3 Å². The Kier molecular flexibility index (Phi) is 11.8. The molecule has 2 N–H and O–H groups in total. The van der Waals surface area contributed by atoms with Crippen LogP contribution in [-0.2, 0) is 14.9 Å². The molecule has 0 saturated heterocycles. The van der Waals surface area contributed by atoms with Crippen molar-refractivity contribution < 1.29 is 22.8 Å². The molecular weight excluding hydrogens is 243 g/mol. The van der Waals surface area contributed by atoms with Crippen LogP contribution in [0.25, 0.3) is 0 Å². The first-order valence-corrected chi connectivity index (χ1v) is 6.71. The normalized spacial score (nSPS) is 15.2. The van der Waals surface area contributed by atoms with E-state index in [1.165, 1.54) is 0 Å². The van der Waals surface area contributed by atoms with Crippen LogP contribution < -0.4 is 0 Å². The van der Waals surface area contributed by atoms with Gasteiger partial charge in [0, 0.05) is 0 Å². The van der Waals surface area contributed by atoms with Crippen LogP contribution in [0, 0.1) is 0 Å². The van der Waals surface area contributed by atoms with Gasteiger partial charge in [0.25, 0.3) is 10.1 Å². The Morgan fingerprint density at radius 3 is 2.31 bits per heavy atom. The molecule has 0 heterocycles. The molecule has 5 nitrogen and oxygen atoms in total. The van der Waals surface area contributed by atoms with Crippen molar-refractivity contribution in [3.05, 3.63) is 0 Å². The van der Waals surface area contributed by atoms with E-state index in [1.807, 2.05) is 6.92 Å². The predicted octanol–water partition coefficient (Wildman–Crippen LogP) is 0.182. The van der Waals surface area contributed by atoms with E-state index in [9.17, 15) is 8.42 Å². The number of rotatable bonds is 8. The van der Waals surface area contributed by atoms with Gasteiger partial charge in [-0.15, -0.1) is 0 Å². The molecule has 16 heavy (non-hydrogen) atoms. The summed E-state index contributed by atoms with van der Waals surface area (Å²) in [5, 5.41) is 8.86. The summed E-state index contributed by atoms with van der Waals surface area (Å²) in [6.45, 7) is 3.47. The van der Waals surface area contributed by atoms with Crippen LogP contribution in [0.15, 0.2) is 0 Å². The van der Waals surface area contributed by atoms with Gasteiger partial charge in [0.1, 0.15) is 5.75 Å². The van der Waals surface area contributed by atoms with Gasteiger partial charge in [-0.05, 0) is 13.3 Å². The van der Waals surface area contributed by atoms with Gasteiger partial charge in [0.15, 0.2) is 0 Å². The number of hydrogen-bond donors (Lipinski definition) is 2. The second-order valence-corrected chi connectivity index (χ2v) is 5.14. The zero-order chi connectivity index (χ0) is 11.9. The van der Waals surface area contributed by atoms with Gasteiger partial charge in [0.05, 0.1) is 18.8 Å². The van der Waals surface area contributed by atoms with Crippen LogP contribution in [0.1, 0.15) is 33.1 Å². The van der Waals surface area contributed by atoms with Crippen molar-refractivity contribution in [2.24, 2.45) is 0 Å². The van der Waals surface area contributed by atoms with E-state index in [0.29, 0.717) is 0 Å². The molecule has 0 bridgehead atoms. The Balaban J connectivity index is 0. The maximum atomic E-state index is 10.6. The quantitative estimate of drug-likeness (QED) is 0.483. The summed E-state index contributed by atoms with van der Waals surface area (Å²) in [4.78, 5) is 0. The number of aliphatic hydroxyl groups excluding tert-OH is 1. The van der Waals surface area contributed by atoms with Crippen molar-refractivity contribution in [2.75, 3.05) is 12.4 Å². The average molecular weight is 264 g/mol. The molecule has 94 valence electrons. The summed E-state index contributed by atoms with van der Waals surface area (Å²) >= 11 is 0. The number of aliphatic hydroxyl groups is 1. The molecule has 0 aliphatic carbocycles. The molecule has 0 aromatic rings. The van der Waals surface area contributed by atoms with Crippen molar-refractivity contribution in [1.82, 2.24) is 0 Å². The molecule has 0 rings (SSSR count). The van der Waals surface area contributed by atoms with Crippen LogP contribution in [0.2, 0.25) is 0 Å². The number of unbranched alkanes of at least 4 members (excludes halogenated alkanes) is 1. The van der Waals surface area contributed by atoms with Crippen molar-refractivity contribution in [1.29, 1.82) is 0 Å². The standard InChI is InChI=1S/C9H20O5S.Na.H/c1-3-4-5-8(2)14-9(6-10)7-15(11,12)13;;/h8-10H,3-7H2,1-2H3,(H,11,12,13);;. The molecule has 0 fully saturated rings. The van der Waals surface area contributed by atoms with E-state index >= 15 is 0 Å². The molecule has 0 spiro atoms. The summed E-state index contributed by atoms with van der Waals surface area (Å²) in [5.74, 6) is -0.556. The Labute approximate surface area is 120 Å². The topological polar surface area (TPSA) is 83.8 Å². The number of hydrogen-bond acceptors (Lipinski definition) is 4. The van der Waals surface area contributed by atoms with E-state index in [1.54, 1.807) is 0 Å². The molecule has 0 aliphatic heterocycles.